The molecule has 5 nitrogen and oxygen atoms in total. The van der Waals surface area contributed by atoms with Gasteiger partial charge in [-0.05, 0) is 55.2 Å². The minimum Gasteiger partial charge on any atom is -0.381 e. The molecule has 4 rings (SSSR count). The Kier molecular flexibility index (Phi) is 6.06. The van der Waals surface area contributed by atoms with Crippen molar-refractivity contribution in [3.05, 3.63) is 64.4 Å². The Labute approximate surface area is 180 Å². The van der Waals surface area contributed by atoms with E-state index in [-0.39, 0.29) is 23.0 Å². The van der Waals surface area contributed by atoms with Gasteiger partial charge < -0.3 is 15.0 Å². The van der Waals surface area contributed by atoms with Crippen LogP contribution in [0.1, 0.15) is 41.6 Å². The van der Waals surface area contributed by atoms with E-state index in [1.807, 2.05) is 0 Å². The molecule has 0 spiro atoms. The minimum absolute atomic E-state index is 0.00136. The third-order valence-electron chi connectivity index (χ3n) is 6.06. The van der Waals surface area contributed by atoms with Crippen LogP contribution in [0.5, 0.6) is 0 Å². The molecule has 2 aromatic carbocycles. The van der Waals surface area contributed by atoms with Crippen molar-refractivity contribution in [2.45, 2.75) is 31.1 Å². The molecule has 158 valence electrons. The molecule has 2 aliphatic heterocycles. The smallest absolute Gasteiger partial charge is 0.253 e. The summed E-state index contributed by atoms with van der Waals surface area (Å²) < 4.78 is 19.0. The van der Waals surface area contributed by atoms with Crippen molar-refractivity contribution < 1.29 is 18.7 Å². The van der Waals surface area contributed by atoms with E-state index in [2.05, 4.69) is 5.32 Å². The Morgan fingerprint density at radius 1 is 1.17 bits per heavy atom. The van der Waals surface area contributed by atoms with Gasteiger partial charge in [0.15, 0.2) is 0 Å². The number of hydrogen-bond donors (Lipinski definition) is 1. The van der Waals surface area contributed by atoms with E-state index in [1.54, 1.807) is 35.2 Å². The summed E-state index contributed by atoms with van der Waals surface area (Å²) in [7, 11) is 0. The molecule has 2 aliphatic rings. The Balaban J connectivity index is 1.57. The number of amides is 2. The lowest BCUT2D eigenvalue weighted by atomic mass is 9.74. The zero-order valence-corrected chi connectivity index (χ0v) is 17.4. The molecule has 0 radical (unpaired) electrons. The molecule has 2 aromatic rings. The largest absolute Gasteiger partial charge is 0.381 e. The lowest BCUT2D eigenvalue weighted by Crippen LogP contribution is -2.45. The summed E-state index contributed by atoms with van der Waals surface area (Å²) in [5, 5.41) is 3.53. The average molecular weight is 431 g/mol. The summed E-state index contributed by atoms with van der Waals surface area (Å²) >= 11 is 6.15. The first-order chi connectivity index (χ1) is 14.5. The molecule has 0 saturated carbocycles. The van der Waals surface area contributed by atoms with Gasteiger partial charge in [0.05, 0.1) is 11.3 Å². The molecular weight excluding hydrogens is 407 g/mol. The number of halogens is 2. The molecule has 7 heteroatoms. The van der Waals surface area contributed by atoms with E-state index < -0.39 is 0 Å². The quantitative estimate of drug-likeness (QED) is 0.777. The topological polar surface area (TPSA) is 58.6 Å². The molecule has 0 unspecified atom stereocenters. The summed E-state index contributed by atoms with van der Waals surface area (Å²) in [6.45, 7) is 2.15. The number of carbonyl (C=O) groups excluding carboxylic acids is 2. The maximum absolute atomic E-state index is 13.4. The molecule has 2 fully saturated rings. The second-order valence-electron chi connectivity index (χ2n) is 7.89. The van der Waals surface area contributed by atoms with Gasteiger partial charge in [0.2, 0.25) is 5.91 Å². The second-order valence-corrected chi connectivity index (χ2v) is 8.33. The fraction of sp³-hybridized carbons (Fsp3) is 0.391. The van der Waals surface area contributed by atoms with E-state index in [4.69, 9.17) is 16.3 Å². The molecular formula is C23H24ClFN2O3. The molecule has 30 heavy (non-hydrogen) atoms. The van der Waals surface area contributed by atoms with Crippen molar-refractivity contribution in [1.82, 2.24) is 5.32 Å². The second kappa shape index (κ2) is 8.74. The van der Waals surface area contributed by atoms with Crippen LogP contribution >= 0.6 is 11.6 Å². The standard InChI is InChI=1S/C23H24ClFN2O3/c24-17-5-8-19(20(14-17)27-11-1-2-21(27)28)22(29)26-15-23(9-12-30-13-10-23)16-3-6-18(25)7-4-16/h3-8,14H,1-2,9-13,15H2,(H,26,29). The summed E-state index contributed by atoms with van der Waals surface area (Å²) in [5.74, 6) is -0.543. The van der Waals surface area contributed by atoms with Gasteiger partial charge in [0.1, 0.15) is 5.82 Å². The lowest BCUT2D eigenvalue weighted by Gasteiger charge is -2.38. The van der Waals surface area contributed by atoms with Gasteiger partial charge in [-0.15, -0.1) is 0 Å². The first-order valence-electron chi connectivity index (χ1n) is 10.2. The van der Waals surface area contributed by atoms with E-state index in [0.29, 0.717) is 49.0 Å². The molecule has 2 amide bonds. The average Bonchev–Trinajstić information content (AvgIpc) is 3.19. The van der Waals surface area contributed by atoms with Gasteiger partial charge in [-0.2, -0.15) is 0 Å². The van der Waals surface area contributed by atoms with Crippen LogP contribution in [0, 0.1) is 5.82 Å². The first-order valence-corrected chi connectivity index (χ1v) is 10.6. The Hall–Kier alpha value is -2.44. The fourth-order valence-electron chi connectivity index (χ4n) is 4.30. The molecule has 2 saturated heterocycles. The van der Waals surface area contributed by atoms with Gasteiger partial charge >= 0.3 is 0 Å². The SMILES string of the molecule is O=C(NCC1(c2ccc(F)cc2)CCOCC1)c1ccc(Cl)cc1N1CCCC1=O. The van der Waals surface area contributed by atoms with Crippen LogP contribution in [0.15, 0.2) is 42.5 Å². The number of benzene rings is 2. The predicted octanol–water partition coefficient (Wildman–Crippen LogP) is 4.08. The Bertz CT molecular complexity index is 942. The number of nitrogens with zero attached hydrogens (tertiary/aromatic N) is 1. The van der Waals surface area contributed by atoms with Gasteiger partial charge in [0.25, 0.3) is 5.91 Å². The van der Waals surface area contributed by atoms with Crippen LogP contribution in [0.3, 0.4) is 0 Å². The van der Waals surface area contributed by atoms with Crippen LogP contribution in [0.4, 0.5) is 10.1 Å². The molecule has 0 aliphatic carbocycles. The number of hydrogen-bond acceptors (Lipinski definition) is 3. The Morgan fingerprint density at radius 3 is 2.57 bits per heavy atom. The van der Waals surface area contributed by atoms with Crippen LogP contribution in [-0.2, 0) is 14.9 Å². The van der Waals surface area contributed by atoms with Gasteiger partial charge in [-0.1, -0.05) is 23.7 Å². The molecule has 0 atom stereocenters. The predicted molar refractivity (Wildman–Crippen MR) is 114 cm³/mol. The van der Waals surface area contributed by atoms with Crippen molar-refractivity contribution in [3.63, 3.8) is 0 Å². The summed E-state index contributed by atoms with van der Waals surface area (Å²) in [6.07, 6.45) is 2.70. The highest BCUT2D eigenvalue weighted by atomic mass is 35.5. The van der Waals surface area contributed by atoms with Crippen molar-refractivity contribution >= 4 is 29.1 Å². The molecule has 0 bridgehead atoms. The zero-order valence-electron chi connectivity index (χ0n) is 16.6. The maximum Gasteiger partial charge on any atom is 0.253 e. The monoisotopic (exact) mass is 430 g/mol. The number of anilines is 1. The maximum atomic E-state index is 13.4. The highest BCUT2D eigenvalue weighted by Gasteiger charge is 2.35. The molecule has 2 heterocycles. The first kappa shape index (κ1) is 20.8. The lowest BCUT2D eigenvalue weighted by molar-refractivity contribution is -0.117. The number of carbonyl (C=O) groups is 2. The van der Waals surface area contributed by atoms with Gasteiger partial charge in [0, 0.05) is 43.2 Å². The van der Waals surface area contributed by atoms with Crippen molar-refractivity contribution in [2.24, 2.45) is 0 Å². The van der Waals surface area contributed by atoms with E-state index in [0.717, 1.165) is 24.8 Å². The van der Waals surface area contributed by atoms with Crippen molar-refractivity contribution in [2.75, 3.05) is 31.2 Å². The third-order valence-corrected chi connectivity index (χ3v) is 6.30. The van der Waals surface area contributed by atoms with Crippen molar-refractivity contribution in [3.8, 4) is 0 Å². The number of rotatable bonds is 5. The normalized spacial score (nSPS) is 18.5. The zero-order chi connectivity index (χ0) is 21.1. The summed E-state index contributed by atoms with van der Waals surface area (Å²) in [5.41, 5.74) is 1.64. The minimum atomic E-state index is -0.322. The van der Waals surface area contributed by atoms with E-state index >= 15 is 0 Å². The van der Waals surface area contributed by atoms with Gasteiger partial charge in [-0.3, -0.25) is 9.59 Å². The Morgan fingerprint density at radius 2 is 1.90 bits per heavy atom. The van der Waals surface area contributed by atoms with Crippen LogP contribution in [-0.4, -0.2) is 38.1 Å². The fourth-order valence-corrected chi connectivity index (χ4v) is 4.47. The number of nitrogens with one attached hydrogen (secondary N) is 1. The van der Waals surface area contributed by atoms with Gasteiger partial charge in [-0.25, -0.2) is 4.39 Å². The van der Waals surface area contributed by atoms with E-state index in [9.17, 15) is 14.0 Å². The highest BCUT2D eigenvalue weighted by molar-refractivity contribution is 6.31. The molecule has 0 aromatic heterocycles. The highest BCUT2D eigenvalue weighted by Crippen LogP contribution is 2.35. The number of ether oxygens (including phenoxy) is 1. The van der Waals surface area contributed by atoms with Crippen LogP contribution < -0.4 is 10.2 Å². The summed E-state index contributed by atoms with van der Waals surface area (Å²) in [4.78, 5) is 27.0. The van der Waals surface area contributed by atoms with Crippen LogP contribution in [0.2, 0.25) is 5.02 Å². The van der Waals surface area contributed by atoms with E-state index in [1.165, 1.54) is 12.1 Å². The van der Waals surface area contributed by atoms with Crippen LogP contribution in [0.25, 0.3) is 0 Å². The third kappa shape index (κ3) is 4.20. The molecule has 1 N–H and O–H groups in total. The van der Waals surface area contributed by atoms with Crippen molar-refractivity contribution in [1.29, 1.82) is 0 Å². The summed E-state index contributed by atoms with van der Waals surface area (Å²) in [6, 6.07) is 11.4.